The Balaban J connectivity index is 2.38. The third-order valence-corrected chi connectivity index (χ3v) is 4.06. The molecule has 0 N–H and O–H groups in total. The van der Waals surface area contributed by atoms with Crippen LogP contribution in [0.15, 0.2) is 0 Å². The van der Waals surface area contributed by atoms with Crippen molar-refractivity contribution >= 4 is 34.0 Å². The van der Waals surface area contributed by atoms with Gasteiger partial charge in [-0.1, -0.05) is 15.9 Å². The minimum atomic E-state index is 0.270. The maximum absolute atomic E-state index is 10.3. The number of hydrogen-bond acceptors (Lipinski definition) is 2. The molecule has 0 aromatic rings. The van der Waals surface area contributed by atoms with Crippen LogP contribution in [0.4, 0.5) is 0 Å². The van der Waals surface area contributed by atoms with Gasteiger partial charge in [-0.2, -0.15) is 11.8 Å². The predicted octanol–water partition coefficient (Wildman–Crippen LogP) is 1.70. The van der Waals surface area contributed by atoms with Crippen molar-refractivity contribution in [1.29, 1.82) is 0 Å². The molecule has 0 saturated carbocycles. The lowest BCUT2D eigenvalue weighted by Gasteiger charge is -2.21. The average molecular weight is 209 g/mol. The van der Waals surface area contributed by atoms with Gasteiger partial charge in [-0.25, -0.2) is 0 Å². The van der Waals surface area contributed by atoms with Crippen molar-refractivity contribution in [3.63, 3.8) is 0 Å². The fourth-order valence-electron chi connectivity index (χ4n) is 0.873. The molecule has 0 radical (unpaired) electrons. The molecule has 9 heavy (non-hydrogen) atoms. The van der Waals surface area contributed by atoms with Crippen LogP contribution < -0.4 is 0 Å². The zero-order chi connectivity index (χ0) is 6.69. The Kier molecular flexibility index (Phi) is 3.06. The van der Waals surface area contributed by atoms with E-state index in [2.05, 4.69) is 15.9 Å². The van der Waals surface area contributed by atoms with Gasteiger partial charge in [-0.05, 0) is 12.2 Å². The first-order valence-electron chi connectivity index (χ1n) is 3.01. The minimum Gasteiger partial charge on any atom is -0.303 e. The van der Waals surface area contributed by atoms with E-state index >= 15 is 0 Å². The molecule has 0 aliphatic carbocycles. The van der Waals surface area contributed by atoms with Crippen molar-refractivity contribution in [2.45, 2.75) is 11.2 Å². The third kappa shape index (κ3) is 1.97. The first-order valence-corrected chi connectivity index (χ1v) is 5.08. The van der Waals surface area contributed by atoms with Crippen molar-refractivity contribution in [2.24, 2.45) is 5.92 Å². The van der Waals surface area contributed by atoms with E-state index < -0.39 is 0 Å². The van der Waals surface area contributed by atoms with Gasteiger partial charge in [-0.15, -0.1) is 0 Å². The second-order valence-electron chi connectivity index (χ2n) is 2.18. The monoisotopic (exact) mass is 208 g/mol. The average Bonchev–Trinajstić information content (AvgIpc) is 1.89. The predicted molar refractivity (Wildman–Crippen MR) is 44.2 cm³/mol. The van der Waals surface area contributed by atoms with Crippen molar-refractivity contribution in [3.8, 4) is 0 Å². The van der Waals surface area contributed by atoms with Crippen LogP contribution in [-0.4, -0.2) is 22.6 Å². The van der Waals surface area contributed by atoms with Gasteiger partial charge in [0.05, 0.1) is 0 Å². The Morgan fingerprint density at radius 1 is 1.67 bits per heavy atom. The van der Waals surface area contributed by atoms with Crippen LogP contribution in [0.2, 0.25) is 0 Å². The number of hydrogen-bond donors (Lipinski definition) is 0. The summed E-state index contributed by atoms with van der Waals surface area (Å²) in [5.74, 6) is 2.50. The fraction of sp³-hybridized carbons (Fsp3) is 0.833. The standard InChI is InChI=1S/C6H9BrOS/c7-6-4-9-2-1-5(6)3-8/h3,5-6H,1-2,4H2. The highest BCUT2D eigenvalue weighted by molar-refractivity contribution is 9.09. The first kappa shape index (κ1) is 7.61. The highest BCUT2D eigenvalue weighted by atomic mass is 79.9. The number of halogens is 1. The summed E-state index contributed by atoms with van der Waals surface area (Å²) in [6.07, 6.45) is 2.11. The molecule has 1 rings (SSSR count). The van der Waals surface area contributed by atoms with Crippen LogP contribution in [0.5, 0.6) is 0 Å². The Morgan fingerprint density at radius 2 is 2.44 bits per heavy atom. The van der Waals surface area contributed by atoms with E-state index in [1.807, 2.05) is 11.8 Å². The molecule has 1 fully saturated rings. The highest BCUT2D eigenvalue weighted by Crippen LogP contribution is 2.26. The summed E-state index contributed by atoms with van der Waals surface area (Å²) in [5.41, 5.74) is 0. The lowest BCUT2D eigenvalue weighted by Crippen LogP contribution is -2.23. The number of thioether (sulfide) groups is 1. The van der Waals surface area contributed by atoms with E-state index in [9.17, 15) is 4.79 Å². The number of rotatable bonds is 1. The summed E-state index contributed by atoms with van der Waals surface area (Å²) in [6.45, 7) is 0. The molecule has 0 aromatic carbocycles. The topological polar surface area (TPSA) is 17.1 Å². The normalized spacial score (nSPS) is 36.1. The maximum Gasteiger partial charge on any atom is 0.124 e. The van der Waals surface area contributed by atoms with Crippen LogP contribution in [0, 0.1) is 5.92 Å². The van der Waals surface area contributed by atoms with E-state index in [1.165, 1.54) is 0 Å². The molecule has 3 heteroatoms. The van der Waals surface area contributed by atoms with Crippen LogP contribution in [-0.2, 0) is 4.79 Å². The summed E-state index contributed by atoms with van der Waals surface area (Å²) in [5, 5.41) is 0. The van der Waals surface area contributed by atoms with Crippen LogP contribution in [0.3, 0.4) is 0 Å². The van der Waals surface area contributed by atoms with Crippen molar-refractivity contribution in [2.75, 3.05) is 11.5 Å². The molecule has 1 nitrogen and oxygen atoms in total. The first-order chi connectivity index (χ1) is 4.34. The second-order valence-corrected chi connectivity index (χ2v) is 4.51. The molecular weight excluding hydrogens is 200 g/mol. The highest BCUT2D eigenvalue weighted by Gasteiger charge is 2.21. The van der Waals surface area contributed by atoms with Crippen LogP contribution >= 0.6 is 27.7 Å². The zero-order valence-electron chi connectivity index (χ0n) is 5.05. The van der Waals surface area contributed by atoms with Crippen LogP contribution in [0.1, 0.15) is 6.42 Å². The van der Waals surface area contributed by atoms with E-state index in [-0.39, 0.29) is 5.92 Å². The lowest BCUT2D eigenvalue weighted by atomic mass is 10.1. The second kappa shape index (κ2) is 3.62. The largest absolute Gasteiger partial charge is 0.303 e. The SMILES string of the molecule is O=CC1CCSCC1Br. The van der Waals surface area contributed by atoms with E-state index in [0.717, 1.165) is 24.2 Å². The summed E-state index contributed by atoms with van der Waals surface area (Å²) < 4.78 is 0. The smallest absolute Gasteiger partial charge is 0.124 e. The minimum absolute atomic E-state index is 0.270. The number of alkyl halides is 1. The van der Waals surface area contributed by atoms with Gasteiger partial charge in [-0.3, -0.25) is 0 Å². The molecule has 0 amide bonds. The van der Waals surface area contributed by atoms with Gasteiger partial charge >= 0.3 is 0 Å². The summed E-state index contributed by atoms with van der Waals surface area (Å²) in [6, 6.07) is 0. The van der Waals surface area contributed by atoms with Crippen LogP contribution in [0.25, 0.3) is 0 Å². The maximum atomic E-state index is 10.3. The van der Waals surface area contributed by atoms with Crippen molar-refractivity contribution < 1.29 is 4.79 Å². The number of carbonyl (C=O) groups excluding carboxylic acids is 1. The molecule has 0 spiro atoms. The van der Waals surface area contributed by atoms with Gasteiger partial charge in [0.15, 0.2) is 0 Å². The van der Waals surface area contributed by atoms with Gasteiger partial charge in [0.25, 0.3) is 0 Å². The van der Waals surface area contributed by atoms with Gasteiger partial charge < -0.3 is 4.79 Å². The quantitative estimate of drug-likeness (QED) is 0.483. The zero-order valence-corrected chi connectivity index (χ0v) is 7.45. The molecule has 2 unspecified atom stereocenters. The Labute approximate surface area is 67.7 Å². The van der Waals surface area contributed by atoms with Gasteiger partial charge in [0.1, 0.15) is 6.29 Å². The van der Waals surface area contributed by atoms with Gasteiger partial charge in [0, 0.05) is 16.5 Å². The van der Waals surface area contributed by atoms with Crippen molar-refractivity contribution in [1.82, 2.24) is 0 Å². The fourth-order valence-corrected chi connectivity index (χ4v) is 2.90. The molecule has 1 heterocycles. The van der Waals surface area contributed by atoms with E-state index in [4.69, 9.17) is 0 Å². The number of aldehydes is 1. The lowest BCUT2D eigenvalue weighted by molar-refractivity contribution is -0.111. The summed E-state index contributed by atoms with van der Waals surface area (Å²) >= 11 is 5.38. The molecule has 0 bridgehead atoms. The molecule has 1 aliphatic heterocycles. The van der Waals surface area contributed by atoms with E-state index in [1.54, 1.807) is 0 Å². The molecule has 1 aliphatic rings. The summed E-state index contributed by atoms with van der Waals surface area (Å²) in [4.78, 5) is 10.8. The Morgan fingerprint density at radius 3 is 2.89 bits per heavy atom. The molecular formula is C6H9BrOS. The molecule has 52 valence electrons. The molecule has 0 aromatic heterocycles. The molecule has 1 saturated heterocycles. The van der Waals surface area contributed by atoms with Gasteiger partial charge in [0.2, 0.25) is 0 Å². The Hall–Kier alpha value is 0.500. The van der Waals surface area contributed by atoms with E-state index in [0.29, 0.717) is 4.83 Å². The molecule has 2 atom stereocenters. The third-order valence-electron chi connectivity index (χ3n) is 1.51. The number of carbonyl (C=O) groups is 1. The Bertz CT molecular complexity index is 107. The van der Waals surface area contributed by atoms with Crippen molar-refractivity contribution in [3.05, 3.63) is 0 Å². The summed E-state index contributed by atoms with van der Waals surface area (Å²) in [7, 11) is 0.